The number of rotatable bonds is 13. The molecule has 0 rings (SSSR count). The van der Waals surface area contributed by atoms with Gasteiger partial charge in [-0.1, -0.05) is 20.3 Å². The van der Waals surface area contributed by atoms with Crippen molar-refractivity contribution in [2.24, 2.45) is 11.7 Å². The van der Waals surface area contributed by atoms with E-state index >= 15 is 0 Å². The molecule has 0 aromatic carbocycles. The fourth-order valence-corrected chi connectivity index (χ4v) is 2.87. The van der Waals surface area contributed by atoms with Gasteiger partial charge in [-0.05, 0) is 38.2 Å². The third-order valence-corrected chi connectivity index (χ3v) is 5.14. The predicted molar refractivity (Wildman–Crippen MR) is 111 cm³/mol. The lowest BCUT2D eigenvalue weighted by Crippen LogP contribution is -2.59. The van der Waals surface area contributed by atoms with Gasteiger partial charge in [-0.2, -0.15) is 11.8 Å². The Balaban J connectivity index is 5.43. The van der Waals surface area contributed by atoms with Crippen LogP contribution >= 0.6 is 11.8 Å². The molecule has 7 N–H and O–H groups in total. The second-order valence-electron chi connectivity index (χ2n) is 7.07. The van der Waals surface area contributed by atoms with E-state index in [9.17, 15) is 24.3 Å². The number of hydrogen-bond donors (Lipinski definition) is 6. The Labute approximate surface area is 175 Å². The van der Waals surface area contributed by atoms with Crippen LogP contribution in [0.2, 0.25) is 0 Å². The van der Waals surface area contributed by atoms with Crippen molar-refractivity contribution >= 4 is 35.5 Å². The molecule has 3 amide bonds. The number of aliphatic carboxylic acids is 1. The Hall–Kier alpha value is -1.85. The Kier molecular flexibility index (Phi) is 12.5. The van der Waals surface area contributed by atoms with E-state index in [1.54, 1.807) is 6.92 Å². The number of carboxylic acid groups (broad SMARTS) is 1. The van der Waals surface area contributed by atoms with Gasteiger partial charge in [0.25, 0.3) is 0 Å². The number of hydrogen-bond acceptors (Lipinski definition) is 7. The summed E-state index contributed by atoms with van der Waals surface area (Å²) in [6, 6.07) is -4.21. The number of carbonyl (C=O) groups is 4. The fraction of sp³-hybridized carbons (Fsp3) is 0.778. The summed E-state index contributed by atoms with van der Waals surface area (Å²) in [4.78, 5) is 48.6. The standard InChI is InChI=1S/C18H34N4O6S/c1-6-9(2)13(17(26)22-14(11(4)23)18(27)28)21-16(25)12(7-8-29-5)20-15(24)10(3)19/h9-14,23H,6-8,19H2,1-5H3,(H,20,24)(H,21,25)(H,22,26)(H,27,28). The molecule has 0 saturated carbocycles. The first-order valence-electron chi connectivity index (χ1n) is 9.52. The van der Waals surface area contributed by atoms with Gasteiger partial charge in [-0.15, -0.1) is 0 Å². The normalized spacial score (nSPS) is 17.2. The van der Waals surface area contributed by atoms with E-state index in [-0.39, 0.29) is 5.92 Å². The maximum Gasteiger partial charge on any atom is 0.328 e. The van der Waals surface area contributed by atoms with Crippen molar-refractivity contribution in [3.63, 3.8) is 0 Å². The number of carboxylic acids is 1. The minimum Gasteiger partial charge on any atom is -0.480 e. The molecule has 0 aliphatic rings. The highest BCUT2D eigenvalue weighted by atomic mass is 32.2. The summed E-state index contributed by atoms with van der Waals surface area (Å²) < 4.78 is 0. The molecule has 0 spiro atoms. The molecular formula is C18H34N4O6S. The van der Waals surface area contributed by atoms with Crippen molar-refractivity contribution < 1.29 is 29.4 Å². The van der Waals surface area contributed by atoms with Crippen LogP contribution in [0, 0.1) is 5.92 Å². The lowest BCUT2D eigenvalue weighted by Gasteiger charge is -2.28. The topological polar surface area (TPSA) is 171 Å². The van der Waals surface area contributed by atoms with Crippen LogP contribution in [-0.2, 0) is 19.2 Å². The molecule has 0 aromatic rings. The minimum absolute atomic E-state index is 0.312. The van der Waals surface area contributed by atoms with E-state index in [1.165, 1.54) is 25.6 Å². The Morgan fingerprint density at radius 2 is 1.52 bits per heavy atom. The van der Waals surface area contributed by atoms with Gasteiger partial charge in [0.05, 0.1) is 12.1 Å². The highest BCUT2D eigenvalue weighted by Crippen LogP contribution is 2.10. The lowest BCUT2D eigenvalue weighted by atomic mass is 9.97. The summed E-state index contributed by atoms with van der Waals surface area (Å²) in [6.45, 7) is 6.30. The summed E-state index contributed by atoms with van der Waals surface area (Å²) in [7, 11) is 0. The molecule has 0 aliphatic carbocycles. The van der Waals surface area contributed by atoms with Crippen LogP contribution in [0.1, 0.15) is 40.5 Å². The van der Waals surface area contributed by atoms with Gasteiger partial charge < -0.3 is 31.9 Å². The quantitative estimate of drug-likeness (QED) is 0.215. The summed E-state index contributed by atoms with van der Waals surface area (Å²) in [5, 5.41) is 26.2. The molecule has 0 aliphatic heterocycles. The highest BCUT2D eigenvalue weighted by Gasteiger charge is 2.33. The van der Waals surface area contributed by atoms with E-state index in [4.69, 9.17) is 10.8 Å². The first-order chi connectivity index (χ1) is 13.5. The third kappa shape index (κ3) is 9.46. The van der Waals surface area contributed by atoms with Crippen LogP contribution < -0.4 is 21.7 Å². The number of carbonyl (C=O) groups excluding carboxylic acids is 3. The minimum atomic E-state index is -1.50. The molecule has 10 nitrogen and oxygen atoms in total. The first-order valence-corrected chi connectivity index (χ1v) is 10.9. The first kappa shape index (κ1) is 27.1. The number of amides is 3. The maximum absolute atomic E-state index is 12.8. The molecule has 29 heavy (non-hydrogen) atoms. The molecule has 6 atom stereocenters. The zero-order valence-electron chi connectivity index (χ0n) is 17.6. The van der Waals surface area contributed by atoms with E-state index in [0.717, 1.165) is 0 Å². The molecule has 0 heterocycles. The molecule has 0 radical (unpaired) electrons. The molecule has 0 bridgehead atoms. The Bertz CT molecular complexity index is 573. The van der Waals surface area contributed by atoms with Crippen LogP contribution in [0.4, 0.5) is 0 Å². The van der Waals surface area contributed by atoms with Crippen molar-refractivity contribution in [3.05, 3.63) is 0 Å². The van der Waals surface area contributed by atoms with E-state index < -0.39 is 54.0 Å². The summed E-state index contributed by atoms with van der Waals surface area (Å²) in [5.41, 5.74) is 5.55. The van der Waals surface area contributed by atoms with Crippen LogP contribution in [0.3, 0.4) is 0 Å². The van der Waals surface area contributed by atoms with Crippen molar-refractivity contribution in [1.82, 2.24) is 16.0 Å². The third-order valence-electron chi connectivity index (χ3n) is 4.50. The summed E-state index contributed by atoms with van der Waals surface area (Å²) >= 11 is 1.50. The van der Waals surface area contributed by atoms with Gasteiger partial charge in [0, 0.05) is 0 Å². The van der Waals surface area contributed by atoms with Crippen molar-refractivity contribution in [2.45, 2.75) is 70.8 Å². The van der Waals surface area contributed by atoms with E-state index in [1.807, 2.05) is 13.2 Å². The molecule has 11 heteroatoms. The van der Waals surface area contributed by atoms with Crippen molar-refractivity contribution in [3.8, 4) is 0 Å². The van der Waals surface area contributed by atoms with Crippen LogP contribution in [0.15, 0.2) is 0 Å². The lowest BCUT2D eigenvalue weighted by molar-refractivity contribution is -0.145. The van der Waals surface area contributed by atoms with Crippen LogP contribution in [0.5, 0.6) is 0 Å². The average Bonchev–Trinajstić information content (AvgIpc) is 2.65. The van der Waals surface area contributed by atoms with Crippen molar-refractivity contribution in [1.29, 1.82) is 0 Å². The van der Waals surface area contributed by atoms with E-state index in [0.29, 0.717) is 18.6 Å². The molecule has 6 unspecified atom stereocenters. The second kappa shape index (κ2) is 13.4. The maximum atomic E-state index is 12.8. The van der Waals surface area contributed by atoms with E-state index in [2.05, 4.69) is 16.0 Å². The number of thioether (sulfide) groups is 1. The average molecular weight is 435 g/mol. The van der Waals surface area contributed by atoms with Crippen LogP contribution in [0.25, 0.3) is 0 Å². The molecule has 0 saturated heterocycles. The van der Waals surface area contributed by atoms with Gasteiger partial charge >= 0.3 is 5.97 Å². The largest absolute Gasteiger partial charge is 0.480 e. The van der Waals surface area contributed by atoms with Gasteiger partial charge in [0.2, 0.25) is 17.7 Å². The van der Waals surface area contributed by atoms with Gasteiger partial charge in [-0.25, -0.2) is 4.79 Å². The Morgan fingerprint density at radius 3 is 1.93 bits per heavy atom. The highest BCUT2D eigenvalue weighted by molar-refractivity contribution is 7.98. The van der Waals surface area contributed by atoms with Gasteiger partial charge in [0.15, 0.2) is 6.04 Å². The molecular weight excluding hydrogens is 400 g/mol. The fourth-order valence-electron chi connectivity index (χ4n) is 2.40. The number of aliphatic hydroxyl groups excluding tert-OH is 1. The number of nitrogens with one attached hydrogen (secondary N) is 3. The number of aliphatic hydroxyl groups is 1. The van der Waals surface area contributed by atoms with Gasteiger partial charge in [0.1, 0.15) is 12.1 Å². The number of nitrogens with two attached hydrogens (primary N) is 1. The summed E-state index contributed by atoms with van der Waals surface area (Å²) in [5.74, 6) is -2.87. The monoisotopic (exact) mass is 434 g/mol. The molecule has 168 valence electrons. The van der Waals surface area contributed by atoms with Crippen molar-refractivity contribution in [2.75, 3.05) is 12.0 Å². The second-order valence-corrected chi connectivity index (χ2v) is 8.05. The predicted octanol–water partition coefficient (Wildman–Crippen LogP) is -0.947. The summed E-state index contributed by atoms with van der Waals surface area (Å²) in [6.07, 6.45) is 1.42. The van der Waals surface area contributed by atoms with Crippen LogP contribution in [-0.4, -0.2) is 76.2 Å². The smallest absolute Gasteiger partial charge is 0.328 e. The zero-order valence-corrected chi connectivity index (χ0v) is 18.4. The SMILES string of the molecule is CCC(C)C(NC(=O)C(CCSC)NC(=O)C(C)N)C(=O)NC(C(=O)O)C(C)O. The molecule has 0 aromatic heterocycles. The zero-order chi connectivity index (χ0) is 22.7. The van der Waals surface area contributed by atoms with Gasteiger partial charge in [-0.3, -0.25) is 14.4 Å². The molecule has 0 fully saturated rings. The Morgan fingerprint density at radius 1 is 0.966 bits per heavy atom.